The number of rotatable bonds is 6. The molecule has 1 unspecified atom stereocenters. The summed E-state index contributed by atoms with van der Waals surface area (Å²) in [6.07, 6.45) is 8.14. The maximum absolute atomic E-state index is 11.1. The van der Waals surface area contributed by atoms with Gasteiger partial charge in [-0.05, 0) is 41.4 Å². The van der Waals surface area contributed by atoms with Crippen LogP contribution in [0.15, 0.2) is 23.5 Å². The molecule has 1 rings (SSSR count). The van der Waals surface area contributed by atoms with Crippen molar-refractivity contribution in [2.24, 2.45) is 10.8 Å². The molecule has 116 valence electrons. The van der Waals surface area contributed by atoms with Crippen LogP contribution in [0.4, 0.5) is 0 Å². The fourth-order valence-electron chi connectivity index (χ4n) is 3.40. The van der Waals surface area contributed by atoms with E-state index < -0.39 is 5.60 Å². The minimum absolute atomic E-state index is 0.0696. The van der Waals surface area contributed by atoms with E-state index in [4.69, 9.17) is 0 Å². The molecule has 0 heterocycles. The van der Waals surface area contributed by atoms with Crippen molar-refractivity contribution in [3.8, 4) is 0 Å². The van der Waals surface area contributed by atoms with Crippen molar-refractivity contribution in [1.82, 2.24) is 0 Å². The molecular formula is C18H32O2. The van der Waals surface area contributed by atoms with E-state index in [0.717, 1.165) is 31.3 Å². The van der Waals surface area contributed by atoms with Gasteiger partial charge < -0.3 is 10.2 Å². The molecule has 2 heteroatoms. The molecule has 20 heavy (non-hydrogen) atoms. The van der Waals surface area contributed by atoms with E-state index in [-0.39, 0.29) is 10.8 Å². The van der Waals surface area contributed by atoms with Crippen LogP contribution in [0.2, 0.25) is 0 Å². The Morgan fingerprint density at radius 1 is 1.10 bits per heavy atom. The minimum atomic E-state index is -0.865. The van der Waals surface area contributed by atoms with E-state index in [1.165, 1.54) is 0 Å². The van der Waals surface area contributed by atoms with Crippen LogP contribution < -0.4 is 0 Å². The first-order valence-electron chi connectivity index (χ1n) is 7.94. The Bertz CT molecular complexity index is 402. The van der Waals surface area contributed by atoms with Gasteiger partial charge in [0.25, 0.3) is 0 Å². The van der Waals surface area contributed by atoms with Crippen LogP contribution in [-0.2, 0) is 0 Å². The van der Waals surface area contributed by atoms with Crippen LogP contribution in [0.1, 0.15) is 73.6 Å². The molecule has 0 radical (unpaired) electrons. The molecule has 0 aromatic rings. The first-order valence-corrected chi connectivity index (χ1v) is 7.94. The van der Waals surface area contributed by atoms with E-state index in [2.05, 4.69) is 41.5 Å². The van der Waals surface area contributed by atoms with Gasteiger partial charge in [0, 0.05) is 6.42 Å². The second kappa shape index (κ2) is 5.93. The second-order valence-electron chi connectivity index (χ2n) is 7.57. The largest absolute Gasteiger partial charge is 0.508 e. The summed E-state index contributed by atoms with van der Waals surface area (Å²) in [6, 6.07) is 0. The SMILES string of the molecule is CCCC(C)(C)C1=C(O)C=CC(O)(C(C)(C)CCC)C1. The molecule has 1 atom stereocenters. The van der Waals surface area contributed by atoms with Crippen molar-refractivity contribution >= 4 is 0 Å². The van der Waals surface area contributed by atoms with Crippen LogP contribution in [0.3, 0.4) is 0 Å². The Balaban J connectivity index is 3.10. The maximum Gasteiger partial charge on any atom is 0.115 e. The van der Waals surface area contributed by atoms with E-state index in [0.29, 0.717) is 12.2 Å². The molecule has 0 saturated heterocycles. The molecule has 0 fully saturated rings. The van der Waals surface area contributed by atoms with E-state index >= 15 is 0 Å². The number of aliphatic hydroxyl groups is 2. The summed E-state index contributed by atoms with van der Waals surface area (Å²) in [5.74, 6) is 0.348. The Kier molecular flexibility index (Phi) is 5.13. The molecule has 0 aliphatic heterocycles. The van der Waals surface area contributed by atoms with Gasteiger partial charge in [0.2, 0.25) is 0 Å². The minimum Gasteiger partial charge on any atom is -0.508 e. The monoisotopic (exact) mass is 280 g/mol. The Labute approximate surface area is 124 Å². The van der Waals surface area contributed by atoms with Crippen LogP contribution in [0.5, 0.6) is 0 Å². The van der Waals surface area contributed by atoms with Crippen LogP contribution in [-0.4, -0.2) is 15.8 Å². The smallest absolute Gasteiger partial charge is 0.115 e. The van der Waals surface area contributed by atoms with Crippen LogP contribution in [0, 0.1) is 10.8 Å². The molecule has 1 aliphatic carbocycles. The summed E-state index contributed by atoms with van der Waals surface area (Å²) in [5, 5.41) is 21.4. The molecule has 1 aliphatic rings. The summed E-state index contributed by atoms with van der Waals surface area (Å²) >= 11 is 0. The average molecular weight is 280 g/mol. The Morgan fingerprint density at radius 3 is 2.15 bits per heavy atom. The predicted octanol–water partition coefficient (Wildman–Crippen LogP) is 5.14. The van der Waals surface area contributed by atoms with E-state index in [1.807, 2.05) is 0 Å². The second-order valence-corrected chi connectivity index (χ2v) is 7.57. The lowest BCUT2D eigenvalue weighted by Crippen LogP contribution is -2.45. The number of hydrogen-bond acceptors (Lipinski definition) is 2. The first-order chi connectivity index (χ1) is 9.09. The fraction of sp³-hybridized carbons (Fsp3) is 0.778. The molecule has 2 N–H and O–H groups in total. The maximum atomic E-state index is 11.1. The summed E-state index contributed by atoms with van der Waals surface area (Å²) in [4.78, 5) is 0. The zero-order chi connectivity index (χ0) is 15.6. The van der Waals surface area contributed by atoms with E-state index in [9.17, 15) is 10.2 Å². The quantitative estimate of drug-likeness (QED) is 0.707. The topological polar surface area (TPSA) is 40.5 Å². The summed E-state index contributed by atoms with van der Waals surface area (Å²) in [5.41, 5.74) is -0.129. The third-order valence-corrected chi connectivity index (χ3v) is 5.01. The molecular weight excluding hydrogens is 248 g/mol. The third-order valence-electron chi connectivity index (χ3n) is 5.01. The van der Waals surface area contributed by atoms with Crippen molar-refractivity contribution in [2.75, 3.05) is 0 Å². The molecule has 0 aromatic heterocycles. The van der Waals surface area contributed by atoms with Gasteiger partial charge in [-0.2, -0.15) is 0 Å². The fourth-order valence-corrected chi connectivity index (χ4v) is 3.40. The molecule has 0 spiro atoms. The number of hydrogen-bond donors (Lipinski definition) is 2. The van der Waals surface area contributed by atoms with Gasteiger partial charge in [-0.3, -0.25) is 0 Å². The summed E-state index contributed by atoms with van der Waals surface area (Å²) in [7, 11) is 0. The summed E-state index contributed by atoms with van der Waals surface area (Å²) in [6.45, 7) is 12.9. The highest BCUT2D eigenvalue weighted by Gasteiger charge is 2.45. The van der Waals surface area contributed by atoms with Crippen LogP contribution in [0.25, 0.3) is 0 Å². The first kappa shape index (κ1) is 17.3. The number of aliphatic hydroxyl groups excluding tert-OH is 1. The van der Waals surface area contributed by atoms with Gasteiger partial charge in [0.15, 0.2) is 0 Å². The van der Waals surface area contributed by atoms with Crippen LogP contribution >= 0.6 is 0 Å². The van der Waals surface area contributed by atoms with Gasteiger partial charge in [0.1, 0.15) is 5.76 Å². The Hall–Kier alpha value is -0.760. The van der Waals surface area contributed by atoms with Crippen molar-refractivity contribution in [3.63, 3.8) is 0 Å². The number of allylic oxidation sites excluding steroid dienone is 1. The molecule has 0 bridgehead atoms. The van der Waals surface area contributed by atoms with Crippen molar-refractivity contribution < 1.29 is 10.2 Å². The van der Waals surface area contributed by atoms with Crippen molar-refractivity contribution in [2.45, 2.75) is 79.2 Å². The lowest BCUT2D eigenvalue weighted by Gasteiger charge is -2.45. The third kappa shape index (κ3) is 3.28. The zero-order valence-electron chi connectivity index (χ0n) is 14.1. The molecule has 0 aromatic carbocycles. The lowest BCUT2D eigenvalue weighted by atomic mass is 9.63. The summed E-state index contributed by atoms with van der Waals surface area (Å²) < 4.78 is 0. The predicted molar refractivity (Wildman–Crippen MR) is 85.7 cm³/mol. The van der Waals surface area contributed by atoms with E-state index in [1.54, 1.807) is 12.2 Å². The standard InChI is InChI=1S/C18H32O2/c1-7-10-16(3,4)14-13-18(20,12-9-15(14)19)17(5,6)11-8-2/h9,12,19-20H,7-8,10-11,13H2,1-6H3. The van der Waals surface area contributed by atoms with Gasteiger partial charge in [0.05, 0.1) is 5.60 Å². The highest BCUT2D eigenvalue weighted by molar-refractivity contribution is 5.34. The normalized spacial score (nSPS) is 24.4. The van der Waals surface area contributed by atoms with Gasteiger partial charge >= 0.3 is 0 Å². The average Bonchev–Trinajstić information content (AvgIpc) is 2.32. The molecule has 2 nitrogen and oxygen atoms in total. The molecule has 0 saturated carbocycles. The highest BCUT2D eigenvalue weighted by atomic mass is 16.3. The van der Waals surface area contributed by atoms with Gasteiger partial charge in [-0.15, -0.1) is 0 Å². The highest BCUT2D eigenvalue weighted by Crippen LogP contribution is 2.48. The zero-order valence-corrected chi connectivity index (χ0v) is 14.1. The lowest BCUT2D eigenvalue weighted by molar-refractivity contribution is -0.0352. The Morgan fingerprint density at radius 2 is 1.65 bits per heavy atom. The van der Waals surface area contributed by atoms with Gasteiger partial charge in [-0.1, -0.05) is 54.4 Å². The van der Waals surface area contributed by atoms with Crippen molar-refractivity contribution in [1.29, 1.82) is 0 Å². The van der Waals surface area contributed by atoms with Crippen molar-refractivity contribution in [3.05, 3.63) is 23.5 Å². The van der Waals surface area contributed by atoms with Gasteiger partial charge in [-0.25, -0.2) is 0 Å². The molecule has 0 amide bonds.